The SMILES string of the molecule is CCC(CN)Oc1cc(C(F)(F)F)cc(C(F)(F)F)c1. The van der Waals surface area contributed by atoms with Gasteiger partial charge in [0.1, 0.15) is 11.9 Å². The van der Waals surface area contributed by atoms with Gasteiger partial charge in [-0.1, -0.05) is 6.92 Å². The Morgan fingerprint density at radius 2 is 1.45 bits per heavy atom. The van der Waals surface area contributed by atoms with E-state index in [0.29, 0.717) is 18.6 Å². The first-order valence-electron chi connectivity index (χ1n) is 5.74. The quantitative estimate of drug-likeness (QED) is 0.858. The highest BCUT2D eigenvalue weighted by Crippen LogP contribution is 2.38. The molecule has 0 radical (unpaired) electrons. The zero-order valence-corrected chi connectivity index (χ0v) is 10.5. The van der Waals surface area contributed by atoms with E-state index in [-0.39, 0.29) is 12.6 Å². The van der Waals surface area contributed by atoms with Crippen molar-refractivity contribution in [2.45, 2.75) is 31.8 Å². The Morgan fingerprint density at radius 1 is 1.00 bits per heavy atom. The smallest absolute Gasteiger partial charge is 0.416 e. The van der Waals surface area contributed by atoms with E-state index < -0.39 is 35.3 Å². The molecule has 1 unspecified atom stereocenters. The van der Waals surface area contributed by atoms with Crippen molar-refractivity contribution in [3.63, 3.8) is 0 Å². The maximum absolute atomic E-state index is 12.6. The lowest BCUT2D eigenvalue weighted by molar-refractivity contribution is -0.143. The molecule has 1 rings (SSSR count). The lowest BCUT2D eigenvalue weighted by Crippen LogP contribution is -2.26. The first-order chi connectivity index (χ1) is 9.07. The number of ether oxygens (including phenoxy) is 1. The van der Waals surface area contributed by atoms with Crippen LogP contribution in [0.4, 0.5) is 26.3 Å². The molecule has 2 nitrogen and oxygen atoms in total. The molecule has 20 heavy (non-hydrogen) atoms. The highest BCUT2D eigenvalue weighted by atomic mass is 19.4. The van der Waals surface area contributed by atoms with E-state index in [1.807, 2.05) is 0 Å². The lowest BCUT2D eigenvalue weighted by Gasteiger charge is -2.18. The Balaban J connectivity index is 3.24. The minimum absolute atomic E-state index is 0.00586. The molecule has 0 saturated heterocycles. The maximum Gasteiger partial charge on any atom is 0.416 e. The van der Waals surface area contributed by atoms with Crippen LogP contribution in [0.25, 0.3) is 0 Å². The van der Waals surface area contributed by atoms with Crippen LogP contribution in [0.2, 0.25) is 0 Å². The third kappa shape index (κ3) is 4.29. The molecule has 1 aromatic rings. The van der Waals surface area contributed by atoms with Gasteiger partial charge >= 0.3 is 12.4 Å². The number of benzene rings is 1. The molecule has 0 spiro atoms. The number of halogens is 6. The number of hydrogen-bond acceptors (Lipinski definition) is 2. The second-order valence-electron chi connectivity index (χ2n) is 4.13. The van der Waals surface area contributed by atoms with Crippen molar-refractivity contribution in [3.8, 4) is 5.75 Å². The topological polar surface area (TPSA) is 35.2 Å². The van der Waals surface area contributed by atoms with Crippen LogP contribution in [0.15, 0.2) is 18.2 Å². The Kier molecular flexibility index (Phi) is 4.90. The molecule has 0 bridgehead atoms. The van der Waals surface area contributed by atoms with Gasteiger partial charge in [-0.05, 0) is 24.6 Å². The van der Waals surface area contributed by atoms with Gasteiger partial charge in [-0.2, -0.15) is 26.3 Å². The minimum atomic E-state index is -4.89. The Bertz CT molecular complexity index is 418. The fourth-order valence-corrected chi connectivity index (χ4v) is 1.48. The standard InChI is InChI=1S/C12H13F6NO/c1-2-9(6-19)20-10-4-7(11(13,14)15)3-8(5-10)12(16,17)18/h3-5,9H,2,6,19H2,1H3. The Morgan fingerprint density at radius 3 is 1.75 bits per heavy atom. The fourth-order valence-electron chi connectivity index (χ4n) is 1.48. The monoisotopic (exact) mass is 301 g/mol. The molecule has 0 heterocycles. The van der Waals surface area contributed by atoms with Gasteiger partial charge in [0, 0.05) is 6.54 Å². The molecule has 8 heteroatoms. The van der Waals surface area contributed by atoms with Crippen molar-refractivity contribution in [2.24, 2.45) is 5.73 Å². The largest absolute Gasteiger partial charge is 0.489 e. The first kappa shape index (κ1) is 16.6. The molecule has 0 fully saturated rings. The zero-order chi connectivity index (χ0) is 15.6. The van der Waals surface area contributed by atoms with Crippen LogP contribution >= 0.6 is 0 Å². The van der Waals surface area contributed by atoms with Crippen molar-refractivity contribution in [1.29, 1.82) is 0 Å². The van der Waals surface area contributed by atoms with Gasteiger partial charge < -0.3 is 10.5 Å². The highest BCUT2D eigenvalue weighted by molar-refractivity contribution is 5.37. The maximum atomic E-state index is 12.6. The van der Waals surface area contributed by atoms with E-state index >= 15 is 0 Å². The van der Waals surface area contributed by atoms with Crippen LogP contribution in [-0.2, 0) is 12.4 Å². The van der Waals surface area contributed by atoms with Crippen molar-refractivity contribution in [2.75, 3.05) is 6.54 Å². The summed E-state index contributed by atoms with van der Waals surface area (Å²) >= 11 is 0. The minimum Gasteiger partial charge on any atom is -0.489 e. The van der Waals surface area contributed by atoms with Gasteiger partial charge in [-0.15, -0.1) is 0 Å². The van der Waals surface area contributed by atoms with Gasteiger partial charge in [0.25, 0.3) is 0 Å². The van der Waals surface area contributed by atoms with Gasteiger partial charge in [0.15, 0.2) is 0 Å². The lowest BCUT2D eigenvalue weighted by atomic mass is 10.1. The molecule has 0 saturated carbocycles. The average Bonchev–Trinajstić information content (AvgIpc) is 2.33. The van der Waals surface area contributed by atoms with Gasteiger partial charge in [-0.3, -0.25) is 0 Å². The van der Waals surface area contributed by atoms with E-state index in [4.69, 9.17) is 10.5 Å². The predicted molar refractivity (Wildman–Crippen MR) is 60.2 cm³/mol. The summed E-state index contributed by atoms with van der Waals surface area (Å²) in [4.78, 5) is 0. The molecule has 1 atom stereocenters. The molecule has 0 aliphatic carbocycles. The summed E-state index contributed by atoms with van der Waals surface area (Å²) < 4.78 is 80.6. The molecular formula is C12H13F6NO. The summed E-state index contributed by atoms with van der Waals surface area (Å²) in [6.45, 7) is 1.66. The fraction of sp³-hybridized carbons (Fsp3) is 0.500. The summed E-state index contributed by atoms with van der Waals surface area (Å²) in [5.41, 5.74) is 2.49. The Labute approximate surface area is 111 Å². The normalized spacial score (nSPS) is 14.2. The third-order valence-corrected chi connectivity index (χ3v) is 2.58. The van der Waals surface area contributed by atoms with Crippen LogP contribution < -0.4 is 10.5 Å². The number of alkyl halides is 6. The van der Waals surface area contributed by atoms with Crippen molar-refractivity contribution in [3.05, 3.63) is 29.3 Å². The molecular weight excluding hydrogens is 288 g/mol. The number of hydrogen-bond donors (Lipinski definition) is 1. The molecule has 0 aliphatic rings. The van der Waals surface area contributed by atoms with E-state index in [1.54, 1.807) is 6.92 Å². The molecule has 0 aliphatic heterocycles. The average molecular weight is 301 g/mol. The first-order valence-corrected chi connectivity index (χ1v) is 5.74. The van der Waals surface area contributed by atoms with Crippen LogP contribution in [-0.4, -0.2) is 12.6 Å². The molecule has 2 N–H and O–H groups in total. The summed E-state index contributed by atoms with van der Waals surface area (Å²) in [5, 5.41) is 0. The molecule has 114 valence electrons. The molecule has 0 aromatic heterocycles. The van der Waals surface area contributed by atoms with E-state index in [1.165, 1.54) is 0 Å². The van der Waals surface area contributed by atoms with Gasteiger partial charge in [0.05, 0.1) is 11.1 Å². The van der Waals surface area contributed by atoms with Gasteiger partial charge in [-0.25, -0.2) is 0 Å². The van der Waals surface area contributed by atoms with Crippen LogP contribution in [0.3, 0.4) is 0 Å². The summed E-state index contributed by atoms with van der Waals surface area (Å²) in [5.74, 6) is -0.496. The number of nitrogens with two attached hydrogens (primary N) is 1. The van der Waals surface area contributed by atoms with Crippen LogP contribution in [0.1, 0.15) is 24.5 Å². The highest BCUT2D eigenvalue weighted by Gasteiger charge is 2.37. The van der Waals surface area contributed by atoms with E-state index in [9.17, 15) is 26.3 Å². The van der Waals surface area contributed by atoms with Crippen LogP contribution in [0, 0.1) is 0 Å². The van der Waals surface area contributed by atoms with E-state index in [0.717, 1.165) is 0 Å². The summed E-state index contributed by atoms with van der Waals surface area (Å²) in [6, 6.07) is 1.12. The van der Waals surface area contributed by atoms with E-state index in [2.05, 4.69) is 0 Å². The molecule has 0 amide bonds. The van der Waals surface area contributed by atoms with Crippen LogP contribution in [0.5, 0.6) is 5.75 Å². The zero-order valence-electron chi connectivity index (χ0n) is 10.5. The Hall–Kier alpha value is -1.44. The summed E-state index contributed by atoms with van der Waals surface area (Å²) in [7, 11) is 0. The van der Waals surface area contributed by atoms with Crippen molar-refractivity contribution < 1.29 is 31.1 Å². The van der Waals surface area contributed by atoms with Gasteiger partial charge in [0.2, 0.25) is 0 Å². The number of rotatable bonds is 4. The van der Waals surface area contributed by atoms with Crippen molar-refractivity contribution >= 4 is 0 Å². The third-order valence-electron chi connectivity index (χ3n) is 2.58. The molecule has 1 aromatic carbocycles. The summed E-state index contributed by atoms with van der Waals surface area (Å²) in [6.07, 6.45) is -10.0. The van der Waals surface area contributed by atoms with Crippen molar-refractivity contribution in [1.82, 2.24) is 0 Å². The second kappa shape index (κ2) is 5.90. The second-order valence-corrected chi connectivity index (χ2v) is 4.13. The predicted octanol–water partition coefficient (Wildman–Crippen LogP) is 3.84.